The third kappa shape index (κ3) is 3.94. The van der Waals surface area contributed by atoms with E-state index in [1.165, 1.54) is 0 Å². The van der Waals surface area contributed by atoms with E-state index in [0.29, 0.717) is 18.2 Å². The molecule has 2 nitrogen and oxygen atoms in total. The van der Waals surface area contributed by atoms with Gasteiger partial charge in [-0.2, -0.15) is 0 Å². The first-order valence-corrected chi connectivity index (χ1v) is 6.37. The van der Waals surface area contributed by atoms with Gasteiger partial charge in [0.25, 0.3) is 0 Å². The van der Waals surface area contributed by atoms with E-state index < -0.39 is 0 Å². The number of rotatable bonds is 3. The lowest BCUT2D eigenvalue weighted by Gasteiger charge is -2.08. The summed E-state index contributed by atoms with van der Waals surface area (Å²) < 4.78 is 5.72. The minimum absolute atomic E-state index is 0.233. The van der Waals surface area contributed by atoms with Crippen molar-refractivity contribution in [2.75, 3.05) is 5.88 Å². The van der Waals surface area contributed by atoms with Gasteiger partial charge in [-0.15, -0.1) is 11.6 Å². The Morgan fingerprint density at radius 2 is 1.95 bits per heavy atom. The molecule has 0 aliphatic rings. The minimum Gasteiger partial charge on any atom is -0.508 e. The van der Waals surface area contributed by atoms with E-state index in [9.17, 15) is 5.11 Å². The van der Waals surface area contributed by atoms with Gasteiger partial charge in [-0.3, -0.25) is 0 Å². The second kappa shape index (κ2) is 6.72. The molecule has 0 unspecified atom stereocenters. The third-order valence-electron chi connectivity index (χ3n) is 2.48. The number of aromatic hydroxyl groups is 1. The van der Waals surface area contributed by atoms with E-state index in [4.69, 9.17) is 16.3 Å². The molecule has 96 valence electrons. The summed E-state index contributed by atoms with van der Waals surface area (Å²) in [5.74, 6) is 7.00. The largest absolute Gasteiger partial charge is 0.508 e. The summed E-state index contributed by atoms with van der Waals surface area (Å²) in [4.78, 5) is 0. The maximum Gasteiger partial charge on any atom is 0.135 e. The molecule has 0 amide bonds. The van der Waals surface area contributed by atoms with Crippen LogP contribution in [0, 0.1) is 11.8 Å². The SMILES string of the molecule is Oc1cccc(COc2ccccc2C#CCCl)c1. The normalized spacial score (nSPS) is 9.53. The lowest BCUT2D eigenvalue weighted by atomic mass is 10.2. The molecule has 0 bridgehead atoms. The van der Waals surface area contributed by atoms with E-state index in [-0.39, 0.29) is 5.75 Å². The number of halogens is 1. The highest BCUT2D eigenvalue weighted by atomic mass is 35.5. The minimum atomic E-state index is 0.233. The molecule has 0 saturated carbocycles. The fourth-order valence-electron chi connectivity index (χ4n) is 1.63. The molecule has 2 rings (SSSR count). The molecule has 19 heavy (non-hydrogen) atoms. The Bertz CT molecular complexity index is 611. The van der Waals surface area contributed by atoms with Crippen LogP contribution < -0.4 is 4.74 Å². The van der Waals surface area contributed by atoms with Gasteiger partial charge in [-0.1, -0.05) is 36.1 Å². The molecule has 0 saturated heterocycles. The van der Waals surface area contributed by atoms with Crippen molar-refractivity contribution < 1.29 is 9.84 Å². The highest BCUT2D eigenvalue weighted by Gasteiger charge is 2.01. The average Bonchev–Trinajstić information content (AvgIpc) is 2.44. The van der Waals surface area contributed by atoms with Gasteiger partial charge in [0.05, 0.1) is 11.4 Å². The van der Waals surface area contributed by atoms with Crippen LogP contribution in [0.4, 0.5) is 0 Å². The zero-order valence-electron chi connectivity index (χ0n) is 10.3. The van der Waals surface area contributed by atoms with Crippen LogP contribution in [-0.4, -0.2) is 11.0 Å². The Labute approximate surface area is 117 Å². The Kier molecular flexibility index (Phi) is 4.72. The first-order valence-electron chi connectivity index (χ1n) is 5.84. The molecule has 0 heterocycles. The highest BCUT2D eigenvalue weighted by Crippen LogP contribution is 2.19. The zero-order valence-corrected chi connectivity index (χ0v) is 11.0. The molecule has 0 aromatic heterocycles. The van der Waals surface area contributed by atoms with Gasteiger partial charge in [0.15, 0.2) is 0 Å². The van der Waals surface area contributed by atoms with Crippen LogP contribution in [-0.2, 0) is 6.61 Å². The van der Waals surface area contributed by atoms with Gasteiger partial charge in [0.2, 0.25) is 0 Å². The number of phenols is 1. The molecule has 0 aliphatic carbocycles. The van der Waals surface area contributed by atoms with Crippen LogP contribution in [0.15, 0.2) is 48.5 Å². The number of benzene rings is 2. The van der Waals surface area contributed by atoms with Crippen molar-refractivity contribution in [1.82, 2.24) is 0 Å². The fourth-order valence-corrected chi connectivity index (χ4v) is 1.70. The van der Waals surface area contributed by atoms with Crippen LogP contribution in [0.1, 0.15) is 11.1 Å². The Balaban J connectivity index is 2.11. The summed E-state index contributed by atoms with van der Waals surface area (Å²) in [5, 5.41) is 9.39. The van der Waals surface area contributed by atoms with Crippen molar-refractivity contribution >= 4 is 11.6 Å². The summed E-state index contributed by atoms with van der Waals surface area (Å²) in [6, 6.07) is 14.5. The maximum atomic E-state index is 9.39. The van der Waals surface area contributed by atoms with Gasteiger partial charge >= 0.3 is 0 Å². The van der Waals surface area contributed by atoms with Crippen molar-refractivity contribution in [3.63, 3.8) is 0 Å². The predicted octanol–water partition coefficient (Wildman–Crippen LogP) is 3.56. The predicted molar refractivity (Wildman–Crippen MR) is 76.5 cm³/mol. The van der Waals surface area contributed by atoms with Gasteiger partial charge in [0, 0.05) is 0 Å². The molecule has 0 fully saturated rings. The van der Waals surface area contributed by atoms with E-state index in [1.54, 1.807) is 18.2 Å². The number of alkyl halides is 1. The maximum absolute atomic E-state index is 9.39. The van der Waals surface area contributed by atoms with E-state index in [2.05, 4.69) is 11.8 Å². The number of para-hydroxylation sites is 1. The van der Waals surface area contributed by atoms with Crippen LogP contribution in [0.3, 0.4) is 0 Å². The lowest BCUT2D eigenvalue weighted by Crippen LogP contribution is -1.97. The van der Waals surface area contributed by atoms with Crippen molar-refractivity contribution in [3.05, 3.63) is 59.7 Å². The second-order valence-electron chi connectivity index (χ2n) is 3.89. The van der Waals surface area contributed by atoms with Gasteiger partial charge in [0.1, 0.15) is 18.1 Å². The quantitative estimate of drug-likeness (QED) is 0.684. The Morgan fingerprint density at radius 3 is 2.74 bits per heavy atom. The molecule has 0 radical (unpaired) electrons. The van der Waals surface area contributed by atoms with Crippen molar-refractivity contribution in [3.8, 4) is 23.3 Å². The third-order valence-corrected chi connectivity index (χ3v) is 2.62. The summed E-state index contributed by atoms with van der Waals surface area (Å²) in [7, 11) is 0. The van der Waals surface area contributed by atoms with E-state index in [0.717, 1.165) is 11.1 Å². The van der Waals surface area contributed by atoms with Crippen LogP contribution in [0.5, 0.6) is 11.5 Å². The van der Waals surface area contributed by atoms with Crippen LogP contribution >= 0.6 is 11.6 Å². The number of ether oxygens (including phenoxy) is 1. The molecule has 2 aromatic carbocycles. The fraction of sp³-hybridized carbons (Fsp3) is 0.125. The van der Waals surface area contributed by atoms with Crippen LogP contribution in [0.25, 0.3) is 0 Å². The highest BCUT2D eigenvalue weighted by molar-refractivity contribution is 6.19. The molecular formula is C16H13ClO2. The molecule has 0 aliphatic heterocycles. The zero-order chi connectivity index (χ0) is 13.5. The lowest BCUT2D eigenvalue weighted by molar-refractivity contribution is 0.304. The summed E-state index contributed by atoms with van der Waals surface area (Å²) in [6.07, 6.45) is 0. The van der Waals surface area contributed by atoms with Crippen LogP contribution in [0.2, 0.25) is 0 Å². The first kappa shape index (κ1) is 13.3. The molecule has 3 heteroatoms. The second-order valence-corrected chi connectivity index (χ2v) is 4.16. The van der Waals surface area contributed by atoms with Gasteiger partial charge in [-0.05, 0) is 29.8 Å². The number of hydrogen-bond donors (Lipinski definition) is 1. The molecule has 1 N–H and O–H groups in total. The standard InChI is InChI=1S/C16H13ClO2/c17-10-4-7-14-6-1-2-9-16(14)19-12-13-5-3-8-15(18)11-13/h1-3,5-6,8-9,11,18H,10,12H2. The van der Waals surface area contributed by atoms with Crippen molar-refractivity contribution in [1.29, 1.82) is 0 Å². The summed E-state index contributed by atoms with van der Waals surface area (Å²) >= 11 is 5.55. The average molecular weight is 273 g/mol. The van der Waals surface area contributed by atoms with Gasteiger partial charge < -0.3 is 9.84 Å². The smallest absolute Gasteiger partial charge is 0.135 e. The monoisotopic (exact) mass is 272 g/mol. The molecule has 0 atom stereocenters. The van der Waals surface area contributed by atoms with E-state index in [1.807, 2.05) is 30.3 Å². The summed E-state index contributed by atoms with van der Waals surface area (Å²) in [5.41, 5.74) is 1.71. The molecular weight excluding hydrogens is 260 g/mol. The Morgan fingerprint density at radius 1 is 1.11 bits per heavy atom. The molecule has 0 spiro atoms. The van der Waals surface area contributed by atoms with E-state index >= 15 is 0 Å². The van der Waals surface area contributed by atoms with Crippen molar-refractivity contribution in [2.24, 2.45) is 0 Å². The Hall–Kier alpha value is -2.11. The number of hydrogen-bond acceptors (Lipinski definition) is 2. The molecule has 2 aromatic rings. The van der Waals surface area contributed by atoms with Crippen molar-refractivity contribution in [2.45, 2.75) is 6.61 Å². The topological polar surface area (TPSA) is 29.5 Å². The van der Waals surface area contributed by atoms with Gasteiger partial charge in [-0.25, -0.2) is 0 Å². The summed E-state index contributed by atoms with van der Waals surface area (Å²) in [6.45, 7) is 0.383. The first-order chi connectivity index (χ1) is 9.29. The number of phenolic OH excluding ortho intramolecular Hbond substituents is 1.